The molecule has 0 saturated heterocycles. The molecule has 1 aliphatic rings. The van der Waals surface area contributed by atoms with Crippen molar-refractivity contribution in [2.45, 2.75) is 25.4 Å². The van der Waals surface area contributed by atoms with Crippen molar-refractivity contribution < 1.29 is 24.5 Å². The van der Waals surface area contributed by atoms with Crippen LogP contribution in [0.4, 0.5) is 0 Å². The molecule has 1 unspecified atom stereocenters. The van der Waals surface area contributed by atoms with Crippen LogP contribution in [0.25, 0.3) is 0 Å². The first-order valence-electron chi connectivity index (χ1n) is 9.92. The van der Waals surface area contributed by atoms with Crippen molar-refractivity contribution in [2.75, 3.05) is 14.2 Å². The summed E-state index contributed by atoms with van der Waals surface area (Å²) in [6.45, 7) is 0. The molecular weight excluding hydrogens is 380 g/mol. The smallest absolute Gasteiger partial charge is 0.201 e. The lowest BCUT2D eigenvalue weighted by Gasteiger charge is -2.28. The maximum atomic E-state index is 13.1. The van der Waals surface area contributed by atoms with Crippen molar-refractivity contribution >= 4 is 5.78 Å². The van der Waals surface area contributed by atoms with Crippen molar-refractivity contribution in [3.63, 3.8) is 0 Å². The standard InChI is InChI=1S/C25H24O5/c1-29-17-12-9-15(10-13-17)5-3-6-16-11-14-19-22(23(16)27)24(28)21-18(25(19)30-2)7-4-8-20(21)26/h4,7-14,25-27H,3,5-6H2,1-2H3. The normalized spacial score (nSPS) is 14.9. The van der Waals surface area contributed by atoms with Crippen molar-refractivity contribution in [3.8, 4) is 17.2 Å². The molecule has 2 N–H and O–H groups in total. The second kappa shape index (κ2) is 8.20. The number of phenols is 2. The number of fused-ring (bicyclic) bond motifs is 2. The van der Waals surface area contributed by atoms with E-state index in [1.54, 1.807) is 26.4 Å². The number of ether oxygens (including phenoxy) is 2. The van der Waals surface area contributed by atoms with Crippen LogP contribution in [0.15, 0.2) is 54.6 Å². The fourth-order valence-corrected chi connectivity index (χ4v) is 4.15. The van der Waals surface area contributed by atoms with Gasteiger partial charge in [-0.25, -0.2) is 0 Å². The number of carbonyl (C=O) groups excluding carboxylic acids is 1. The van der Waals surface area contributed by atoms with E-state index in [-0.39, 0.29) is 28.4 Å². The zero-order chi connectivity index (χ0) is 21.3. The second-order valence-corrected chi connectivity index (χ2v) is 7.43. The van der Waals surface area contributed by atoms with Crippen molar-refractivity contribution in [3.05, 3.63) is 88.0 Å². The van der Waals surface area contributed by atoms with Crippen LogP contribution in [-0.4, -0.2) is 30.2 Å². The highest BCUT2D eigenvalue weighted by Crippen LogP contribution is 2.44. The summed E-state index contributed by atoms with van der Waals surface area (Å²) in [5.74, 6) is 0.319. The third kappa shape index (κ3) is 3.42. The largest absolute Gasteiger partial charge is 0.507 e. The first-order chi connectivity index (χ1) is 14.5. The van der Waals surface area contributed by atoms with Gasteiger partial charge in [0, 0.05) is 18.2 Å². The highest BCUT2D eigenvalue weighted by atomic mass is 16.5. The lowest BCUT2D eigenvalue weighted by Crippen LogP contribution is -2.21. The number of aryl methyl sites for hydroxylation is 2. The van der Waals surface area contributed by atoms with E-state index in [4.69, 9.17) is 9.47 Å². The molecule has 0 aliphatic heterocycles. The van der Waals surface area contributed by atoms with Crippen LogP contribution >= 0.6 is 0 Å². The number of carbonyl (C=O) groups is 1. The summed E-state index contributed by atoms with van der Waals surface area (Å²) in [6, 6.07) is 16.5. The van der Waals surface area contributed by atoms with Gasteiger partial charge in [0.1, 0.15) is 23.4 Å². The van der Waals surface area contributed by atoms with Gasteiger partial charge in [0.2, 0.25) is 5.78 Å². The van der Waals surface area contributed by atoms with E-state index >= 15 is 0 Å². The average Bonchev–Trinajstić information content (AvgIpc) is 2.76. The first-order valence-corrected chi connectivity index (χ1v) is 9.92. The van der Waals surface area contributed by atoms with E-state index in [0.717, 1.165) is 18.6 Å². The maximum absolute atomic E-state index is 13.1. The number of ketones is 1. The Morgan fingerprint density at radius 2 is 1.60 bits per heavy atom. The van der Waals surface area contributed by atoms with Gasteiger partial charge in [0.15, 0.2) is 0 Å². The number of hydrogen-bond donors (Lipinski definition) is 2. The Hall–Kier alpha value is -3.31. The topological polar surface area (TPSA) is 76.0 Å². The van der Waals surface area contributed by atoms with E-state index < -0.39 is 6.10 Å². The minimum atomic E-state index is -0.515. The zero-order valence-corrected chi connectivity index (χ0v) is 17.0. The molecule has 0 spiro atoms. The average molecular weight is 404 g/mol. The van der Waals surface area contributed by atoms with Crippen LogP contribution in [0.2, 0.25) is 0 Å². The highest BCUT2D eigenvalue weighted by Gasteiger charge is 2.35. The number of methoxy groups -OCH3 is 2. The molecule has 0 bridgehead atoms. The summed E-state index contributed by atoms with van der Waals surface area (Å²) in [6.07, 6.45) is 1.78. The molecule has 3 aromatic carbocycles. The maximum Gasteiger partial charge on any atom is 0.201 e. The molecule has 0 aromatic heterocycles. The van der Waals surface area contributed by atoms with Crippen molar-refractivity contribution in [1.82, 2.24) is 0 Å². The third-order valence-electron chi connectivity index (χ3n) is 5.69. The minimum Gasteiger partial charge on any atom is -0.507 e. The second-order valence-electron chi connectivity index (χ2n) is 7.43. The van der Waals surface area contributed by atoms with Crippen LogP contribution in [0.1, 0.15) is 50.7 Å². The number of rotatable bonds is 6. The predicted octanol–water partition coefficient (Wildman–Crippen LogP) is 4.56. The van der Waals surface area contributed by atoms with Gasteiger partial charge in [0.05, 0.1) is 18.2 Å². The van der Waals surface area contributed by atoms with E-state index in [2.05, 4.69) is 0 Å². The number of hydrogen-bond acceptors (Lipinski definition) is 5. The molecular formula is C25H24O5. The molecule has 30 heavy (non-hydrogen) atoms. The fraction of sp³-hybridized carbons (Fsp3) is 0.240. The summed E-state index contributed by atoms with van der Waals surface area (Å²) in [7, 11) is 3.19. The van der Waals surface area contributed by atoms with Crippen LogP contribution in [0, 0.1) is 0 Å². The predicted molar refractivity (Wildman–Crippen MR) is 114 cm³/mol. The van der Waals surface area contributed by atoms with Gasteiger partial charge in [-0.05, 0) is 48.6 Å². The van der Waals surface area contributed by atoms with E-state index in [1.165, 1.54) is 11.6 Å². The van der Waals surface area contributed by atoms with Gasteiger partial charge < -0.3 is 19.7 Å². The summed E-state index contributed by atoms with van der Waals surface area (Å²) >= 11 is 0. The van der Waals surface area contributed by atoms with E-state index in [1.807, 2.05) is 36.4 Å². The van der Waals surface area contributed by atoms with Gasteiger partial charge >= 0.3 is 0 Å². The van der Waals surface area contributed by atoms with Crippen LogP contribution in [0.3, 0.4) is 0 Å². The molecule has 0 heterocycles. The van der Waals surface area contributed by atoms with Gasteiger partial charge in [-0.1, -0.05) is 36.4 Å². The Morgan fingerprint density at radius 1 is 0.867 bits per heavy atom. The minimum absolute atomic E-state index is 0.0248. The Bertz CT molecular complexity index is 1090. The molecule has 1 atom stereocenters. The van der Waals surface area contributed by atoms with Crippen molar-refractivity contribution in [1.29, 1.82) is 0 Å². The monoisotopic (exact) mass is 404 g/mol. The molecule has 0 saturated carbocycles. The molecule has 4 rings (SSSR count). The molecule has 154 valence electrons. The highest BCUT2D eigenvalue weighted by molar-refractivity contribution is 6.16. The third-order valence-corrected chi connectivity index (χ3v) is 5.69. The van der Waals surface area contributed by atoms with Gasteiger partial charge in [-0.3, -0.25) is 4.79 Å². The first kappa shape index (κ1) is 20.0. The Balaban J connectivity index is 1.60. The zero-order valence-electron chi connectivity index (χ0n) is 17.0. The van der Waals surface area contributed by atoms with E-state index in [0.29, 0.717) is 23.1 Å². The van der Waals surface area contributed by atoms with Crippen LogP contribution in [-0.2, 0) is 17.6 Å². The lowest BCUT2D eigenvalue weighted by atomic mass is 9.80. The fourth-order valence-electron chi connectivity index (χ4n) is 4.15. The van der Waals surface area contributed by atoms with Crippen LogP contribution < -0.4 is 4.74 Å². The quantitative estimate of drug-likeness (QED) is 0.630. The number of benzene rings is 3. The van der Waals surface area contributed by atoms with Gasteiger partial charge in [-0.2, -0.15) is 0 Å². The summed E-state index contributed by atoms with van der Waals surface area (Å²) in [5.41, 5.74) is 3.55. The molecule has 5 nitrogen and oxygen atoms in total. The molecule has 1 aliphatic carbocycles. The molecule has 3 aromatic rings. The Kier molecular flexibility index (Phi) is 5.46. The summed E-state index contributed by atoms with van der Waals surface area (Å²) < 4.78 is 10.8. The van der Waals surface area contributed by atoms with Gasteiger partial charge in [-0.15, -0.1) is 0 Å². The number of phenolic OH excluding ortho intramolecular Hbond substituents is 2. The van der Waals surface area contributed by atoms with Crippen LogP contribution in [0.5, 0.6) is 17.2 Å². The lowest BCUT2D eigenvalue weighted by molar-refractivity contribution is 0.0978. The number of aromatic hydroxyl groups is 2. The van der Waals surface area contributed by atoms with E-state index in [9.17, 15) is 15.0 Å². The Morgan fingerprint density at radius 3 is 2.30 bits per heavy atom. The summed E-state index contributed by atoms with van der Waals surface area (Å²) in [4.78, 5) is 13.1. The molecule has 0 radical (unpaired) electrons. The molecule has 0 fully saturated rings. The molecule has 0 amide bonds. The van der Waals surface area contributed by atoms with Gasteiger partial charge in [0.25, 0.3) is 0 Å². The summed E-state index contributed by atoms with van der Waals surface area (Å²) in [5, 5.41) is 21.2. The SMILES string of the molecule is COc1ccc(CCCc2ccc3c(c2O)C(=O)c2c(O)cccc2C3OC)cc1. The molecule has 5 heteroatoms. The Labute approximate surface area is 175 Å². The van der Waals surface area contributed by atoms with Crippen molar-refractivity contribution in [2.24, 2.45) is 0 Å².